The highest BCUT2D eigenvalue weighted by atomic mass is 32.1. The Balaban J connectivity index is 3.01. The van der Waals surface area contributed by atoms with Gasteiger partial charge in [-0.2, -0.15) is 10.6 Å². The van der Waals surface area contributed by atoms with Crippen LogP contribution in [0.15, 0.2) is 29.2 Å². The van der Waals surface area contributed by atoms with Gasteiger partial charge < -0.3 is 25.3 Å². The largest absolute Gasteiger partial charge is 0.788 e. The zero-order valence-corrected chi connectivity index (χ0v) is 6.47. The smallest absolute Gasteiger partial charge is 0.0622 e. The molecule has 0 spiro atoms. The van der Waals surface area contributed by atoms with E-state index in [0.717, 1.165) is 10.5 Å². The van der Waals surface area contributed by atoms with Gasteiger partial charge in [0.25, 0.3) is 0 Å². The van der Waals surface area contributed by atoms with Crippen molar-refractivity contribution in [2.75, 3.05) is 0 Å². The Morgan fingerprint density at radius 2 is 1.89 bits per heavy atom. The van der Waals surface area contributed by atoms with Gasteiger partial charge >= 0.3 is 0 Å². The summed E-state index contributed by atoms with van der Waals surface area (Å²) in [6.07, 6.45) is 0. The van der Waals surface area contributed by atoms with Crippen LogP contribution in [-0.4, -0.2) is 0 Å². The van der Waals surface area contributed by atoms with Crippen molar-refractivity contribution in [3.8, 4) is 0 Å². The highest BCUT2D eigenvalue weighted by Gasteiger charge is 1.78. The van der Waals surface area contributed by atoms with Crippen LogP contribution in [0.3, 0.4) is 0 Å². The van der Waals surface area contributed by atoms with E-state index in [0.29, 0.717) is 5.75 Å². The molecular weight excluding hydrogens is 148 g/mol. The van der Waals surface area contributed by atoms with E-state index in [4.69, 9.17) is 25.3 Å². The standard InChI is InChI=1S/C7H8S2/c8-5-6-3-1-2-4-7(6)9/h1-4,8-9H,5H2/p-2. The minimum absolute atomic E-state index is 0.625. The van der Waals surface area contributed by atoms with Crippen LogP contribution < -0.4 is 0 Å². The highest BCUT2D eigenvalue weighted by Crippen LogP contribution is 2.06. The Morgan fingerprint density at radius 1 is 1.22 bits per heavy atom. The normalized spacial score (nSPS) is 9.44. The topological polar surface area (TPSA) is 0 Å². The fourth-order valence-electron chi connectivity index (χ4n) is 0.623. The van der Waals surface area contributed by atoms with Gasteiger partial charge in [0.15, 0.2) is 0 Å². The maximum atomic E-state index is 4.98. The first kappa shape index (κ1) is 6.90. The first-order valence-electron chi connectivity index (χ1n) is 2.67. The molecule has 48 valence electrons. The van der Waals surface area contributed by atoms with Gasteiger partial charge in [0.2, 0.25) is 0 Å². The van der Waals surface area contributed by atoms with Crippen LogP contribution in [-0.2, 0) is 31.0 Å². The first-order valence-corrected chi connectivity index (χ1v) is 3.66. The molecule has 1 rings (SSSR count). The summed E-state index contributed by atoms with van der Waals surface area (Å²) in [5, 5.41) is 0. The lowest BCUT2D eigenvalue weighted by Crippen LogP contribution is -1.82. The minimum atomic E-state index is 0.625. The second-order valence-corrected chi connectivity index (χ2v) is 2.48. The van der Waals surface area contributed by atoms with Gasteiger partial charge in [-0.05, 0) is 0 Å². The Labute approximate surface area is 66.1 Å². The molecule has 0 aromatic heterocycles. The van der Waals surface area contributed by atoms with Crippen molar-refractivity contribution in [3.63, 3.8) is 0 Å². The van der Waals surface area contributed by atoms with Gasteiger partial charge in [-0.1, -0.05) is 29.8 Å². The molecule has 0 unspecified atom stereocenters. The Bertz CT molecular complexity index is 196. The molecule has 0 aliphatic heterocycles. The molecule has 1 aromatic rings. The van der Waals surface area contributed by atoms with Crippen molar-refractivity contribution in [1.29, 1.82) is 0 Å². The summed E-state index contributed by atoms with van der Waals surface area (Å²) in [7, 11) is 0. The van der Waals surface area contributed by atoms with Crippen LogP contribution >= 0.6 is 0 Å². The third-order valence-electron chi connectivity index (χ3n) is 1.13. The van der Waals surface area contributed by atoms with E-state index in [2.05, 4.69) is 0 Å². The van der Waals surface area contributed by atoms with Crippen molar-refractivity contribution < 1.29 is 0 Å². The van der Waals surface area contributed by atoms with Crippen LogP contribution in [0.2, 0.25) is 0 Å². The number of hydrogen-bond acceptors (Lipinski definition) is 2. The summed E-state index contributed by atoms with van der Waals surface area (Å²) in [6.45, 7) is 0. The average molecular weight is 154 g/mol. The minimum Gasteiger partial charge on any atom is -0.788 e. The second-order valence-electron chi connectivity index (χ2n) is 1.75. The lowest BCUT2D eigenvalue weighted by molar-refractivity contribution is 1.28. The molecule has 0 heterocycles. The maximum Gasteiger partial charge on any atom is -0.0622 e. The molecule has 0 fully saturated rings. The maximum absolute atomic E-state index is 4.98. The molecule has 0 saturated heterocycles. The second kappa shape index (κ2) is 3.08. The van der Waals surface area contributed by atoms with Crippen molar-refractivity contribution in [3.05, 3.63) is 29.8 Å². The third kappa shape index (κ3) is 1.60. The lowest BCUT2D eigenvalue weighted by Gasteiger charge is -2.14. The van der Waals surface area contributed by atoms with E-state index in [1.54, 1.807) is 0 Å². The highest BCUT2D eigenvalue weighted by molar-refractivity contribution is 7.59. The van der Waals surface area contributed by atoms with Crippen LogP contribution in [0.25, 0.3) is 0 Å². The van der Waals surface area contributed by atoms with Gasteiger partial charge in [-0.3, -0.25) is 0 Å². The SMILES string of the molecule is [S-]Cc1ccccc1[S-]. The Kier molecular flexibility index (Phi) is 2.37. The van der Waals surface area contributed by atoms with Crippen LogP contribution in [0.4, 0.5) is 0 Å². The van der Waals surface area contributed by atoms with Crippen molar-refractivity contribution >= 4 is 25.3 Å². The zero-order chi connectivity index (χ0) is 6.69. The summed E-state index contributed by atoms with van der Waals surface area (Å²) < 4.78 is 0. The molecule has 0 aliphatic rings. The molecule has 0 aliphatic carbocycles. The van der Waals surface area contributed by atoms with Crippen molar-refractivity contribution in [1.82, 2.24) is 0 Å². The Morgan fingerprint density at radius 3 is 2.33 bits per heavy atom. The monoisotopic (exact) mass is 154 g/mol. The third-order valence-corrected chi connectivity index (χ3v) is 1.84. The van der Waals surface area contributed by atoms with E-state index in [9.17, 15) is 0 Å². The number of benzene rings is 1. The molecule has 0 atom stereocenters. The van der Waals surface area contributed by atoms with Gasteiger partial charge in [0.05, 0.1) is 0 Å². The van der Waals surface area contributed by atoms with Gasteiger partial charge in [-0.25, -0.2) is 0 Å². The summed E-state index contributed by atoms with van der Waals surface area (Å²) in [5.41, 5.74) is 1.09. The van der Waals surface area contributed by atoms with E-state index >= 15 is 0 Å². The fraction of sp³-hybridized carbons (Fsp3) is 0.143. The predicted octanol–water partition coefficient (Wildman–Crippen LogP) is 1.64. The first-order chi connectivity index (χ1) is 4.34. The molecule has 0 bridgehead atoms. The van der Waals surface area contributed by atoms with Gasteiger partial charge in [0, 0.05) is 0 Å². The molecule has 0 radical (unpaired) electrons. The quantitative estimate of drug-likeness (QED) is 0.564. The van der Waals surface area contributed by atoms with Crippen LogP contribution in [0.5, 0.6) is 0 Å². The molecule has 2 heteroatoms. The van der Waals surface area contributed by atoms with E-state index in [1.165, 1.54) is 0 Å². The van der Waals surface area contributed by atoms with Gasteiger partial charge in [-0.15, -0.1) is 0 Å². The average Bonchev–Trinajstić information content (AvgIpc) is 1.89. The van der Waals surface area contributed by atoms with Crippen LogP contribution in [0, 0.1) is 0 Å². The molecule has 0 amide bonds. The molecule has 0 nitrogen and oxygen atoms in total. The molecule has 0 saturated carbocycles. The van der Waals surface area contributed by atoms with E-state index in [-0.39, 0.29) is 0 Å². The van der Waals surface area contributed by atoms with Crippen molar-refractivity contribution in [2.24, 2.45) is 0 Å². The molecule has 9 heavy (non-hydrogen) atoms. The summed E-state index contributed by atoms with van der Waals surface area (Å²) in [5.74, 6) is 0.625. The fourth-order valence-corrected chi connectivity index (χ4v) is 1.18. The molecular formula is C7H6S2-2. The van der Waals surface area contributed by atoms with E-state index < -0.39 is 0 Å². The predicted molar refractivity (Wildman–Crippen MR) is 43.1 cm³/mol. The summed E-state index contributed by atoms with van der Waals surface area (Å²) in [6, 6.07) is 7.75. The molecule has 1 aromatic carbocycles. The summed E-state index contributed by atoms with van der Waals surface area (Å²) >= 11 is 9.82. The number of rotatable bonds is 1. The van der Waals surface area contributed by atoms with Crippen molar-refractivity contribution in [2.45, 2.75) is 10.6 Å². The molecule has 0 N–H and O–H groups in total. The van der Waals surface area contributed by atoms with E-state index in [1.807, 2.05) is 24.3 Å². The van der Waals surface area contributed by atoms with Gasteiger partial charge in [0.1, 0.15) is 0 Å². The lowest BCUT2D eigenvalue weighted by atomic mass is 10.2. The summed E-state index contributed by atoms with van der Waals surface area (Å²) in [4.78, 5) is 0.882. The Hall–Kier alpha value is -0.210. The number of hydrogen-bond donors (Lipinski definition) is 0. The van der Waals surface area contributed by atoms with Crippen LogP contribution in [0.1, 0.15) is 5.56 Å². The zero-order valence-electron chi connectivity index (χ0n) is 4.83.